The summed E-state index contributed by atoms with van der Waals surface area (Å²) in [5.74, 6) is 0.385. The fourth-order valence-corrected chi connectivity index (χ4v) is 3.78. The minimum Gasteiger partial charge on any atom is -0.312 e. The largest absolute Gasteiger partial charge is 0.312 e. The molecule has 0 radical (unpaired) electrons. The summed E-state index contributed by atoms with van der Waals surface area (Å²) in [6, 6.07) is 9.36. The second-order valence-corrected chi connectivity index (χ2v) is 7.04. The van der Waals surface area contributed by atoms with Gasteiger partial charge in [-0.15, -0.1) is 0 Å². The van der Waals surface area contributed by atoms with Crippen LogP contribution in [-0.4, -0.2) is 39.2 Å². The summed E-state index contributed by atoms with van der Waals surface area (Å²) < 4.78 is 3.49. The van der Waals surface area contributed by atoms with Gasteiger partial charge in [0.1, 0.15) is 5.52 Å². The van der Waals surface area contributed by atoms with Crippen molar-refractivity contribution in [1.82, 2.24) is 19.1 Å². The van der Waals surface area contributed by atoms with Crippen LogP contribution in [0.4, 0.5) is 0 Å². The third-order valence-electron chi connectivity index (χ3n) is 5.41. The summed E-state index contributed by atoms with van der Waals surface area (Å²) in [4.78, 5) is 15.4. The lowest BCUT2D eigenvalue weighted by Crippen LogP contribution is -2.32. The molecule has 0 spiro atoms. The fourth-order valence-electron chi connectivity index (χ4n) is 3.78. The number of fused-ring (bicyclic) bond motifs is 1. The first kappa shape index (κ1) is 16.6. The average Bonchev–Trinajstić information content (AvgIpc) is 3.09. The highest BCUT2D eigenvalue weighted by atomic mass is 16.1. The normalized spacial score (nSPS) is 16.0. The summed E-state index contributed by atoms with van der Waals surface area (Å²) >= 11 is 0. The molecular weight excluding hydrogens is 326 g/mol. The molecule has 0 bridgehead atoms. The second kappa shape index (κ2) is 6.43. The molecule has 26 heavy (non-hydrogen) atoms. The lowest BCUT2D eigenvalue weighted by molar-refractivity contribution is 0.250. The van der Waals surface area contributed by atoms with E-state index in [1.54, 1.807) is 27.4 Å². The van der Waals surface area contributed by atoms with Gasteiger partial charge in [-0.2, -0.15) is 10.4 Å². The number of rotatable bonds is 2. The Morgan fingerprint density at radius 2 is 1.85 bits per heavy atom. The van der Waals surface area contributed by atoms with Gasteiger partial charge in [0, 0.05) is 30.4 Å². The maximum atomic E-state index is 13.1. The van der Waals surface area contributed by atoms with E-state index in [9.17, 15) is 4.79 Å². The van der Waals surface area contributed by atoms with E-state index < -0.39 is 0 Å². The molecule has 0 atom stereocenters. The van der Waals surface area contributed by atoms with Gasteiger partial charge in [-0.25, -0.2) is 4.52 Å². The predicted octanol–water partition coefficient (Wildman–Crippen LogP) is 2.38. The zero-order valence-corrected chi connectivity index (χ0v) is 15.0. The van der Waals surface area contributed by atoms with E-state index >= 15 is 0 Å². The summed E-state index contributed by atoms with van der Waals surface area (Å²) in [6.45, 7) is 2.10. The van der Waals surface area contributed by atoms with E-state index in [1.807, 2.05) is 25.4 Å². The Hall–Kier alpha value is -2.91. The lowest BCUT2D eigenvalue weighted by Gasteiger charge is -2.30. The van der Waals surface area contributed by atoms with Crippen molar-refractivity contribution in [1.29, 1.82) is 5.26 Å². The Bertz CT molecular complexity index is 1050. The van der Waals surface area contributed by atoms with E-state index in [1.165, 1.54) is 0 Å². The first-order valence-corrected chi connectivity index (χ1v) is 8.85. The van der Waals surface area contributed by atoms with E-state index in [0.29, 0.717) is 17.0 Å². The van der Waals surface area contributed by atoms with E-state index in [2.05, 4.69) is 23.1 Å². The van der Waals surface area contributed by atoms with Crippen molar-refractivity contribution < 1.29 is 0 Å². The van der Waals surface area contributed by atoms with Crippen molar-refractivity contribution in [2.45, 2.75) is 18.8 Å². The Balaban J connectivity index is 1.80. The molecule has 0 unspecified atom stereocenters. The SMILES string of the molecule is CN1CCC(c2cn3ncc(-c4ccc(C#N)cc4)c3c(=O)n2C)CC1. The molecule has 6 heteroatoms. The number of piperidine rings is 1. The van der Waals surface area contributed by atoms with Gasteiger partial charge in [-0.05, 0) is 50.7 Å². The molecule has 4 rings (SSSR count). The van der Waals surface area contributed by atoms with Crippen LogP contribution in [-0.2, 0) is 7.05 Å². The number of nitrogens with zero attached hydrogens (tertiary/aromatic N) is 5. The Morgan fingerprint density at radius 3 is 2.50 bits per heavy atom. The van der Waals surface area contributed by atoms with Crippen LogP contribution in [0.25, 0.3) is 16.6 Å². The van der Waals surface area contributed by atoms with Crippen LogP contribution in [0.2, 0.25) is 0 Å². The Kier molecular flexibility index (Phi) is 4.09. The van der Waals surface area contributed by atoms with E-state index in [-0.39, 0.29) is 5.56 Å². The number of nitriles is 1. The number of likely N-dealkylation sites (tertiary alicyclic amines) is 1. The summed E-state index contributed by atoms with van der Waals surface area (Å²) in [6.07, 6.45) is 5.84. The van der Waals surface area contributed by atoms with Crippen molar-refractivity contribution in [3.8, 4) is 17.2 Å². The smallest absolute Gasteiger partial charge is 0.277 e. The molecule has 132 valence electrons. The summed E-state index contributed by atoms with van der Waals surface area (Å²) in [7, 11) is 3.99. The molecule has 0 N–H and O–H groups in total. The minimum atomic E-state index is -0.0294. The number of hydrogen-bond donors (Lipinski definition) is 0. The molecule has 3 aromatic rings. The van der Waals surface area contributed by atoms with Crippen LogP contribution in [0, 0.1) is 11.3 Å². The highest BCUT2D eigenvalue weighted by molar-refractivity contribution is 5.79. The zero-order chi connectivity index (χ0) is 18.3. The maximum absolute atomic E-state index is 13.1. The fraction of sp³-hybridized carbons (Fsp3) is 0.350. The second-order valence-electron chi connectivity index (χ2n) is 7.04. The van der Waals surface area contributed by atoms with Gasteiger partial charge in [0.25, 0.3) is 5.56 Å². The lowest BCUT2D eigenvalue weighted by atomic mass is 9.93. The molecule has 1 aliphatic heterocycles. The van der Waals surface area contributed by atoms with Crippen LogP contribution < -0.4 is 5.56 Å². The Morgan fingerprint density at radius 1 is 1.15 bits per heavy atom. The van der Waals surface area contributed by atoms with Crippen molar-refractivity contribution in [2.24, 2.45) is 7.05 Å². The van der Waals surface area contributed by atoms with Gasteiger partial charge >= 0.3 is 0 Å². The number of hydrogen-bond acceptors (Lipinski definition) is 4. The predicted molar refractivity (Wildman–Crippen MR) is 100 cm³/mol. The molecule has 1 aromatic carbocycles. The summed E-state index contributed by atoms with van der Waals surface area (Å²) in [5, 5.41) is 13.4. The molecule has 0 amide bonds. The third-order valence-corrected chi connectivity index (χ3v) is 5.41. The van der Waals surface area contributed by atoms with Gasteiger partial charge in [0.2, 0.25) is 0 Å². The molecule has 2 aromatic heterocycles. The van der Waals surface area contributed by atoms with Gasteiger partial charge in [0.15, 0.2) is 0 Å². The van der Waals surface area contributed by atoms with Crippen LogP contribution in [0.1, 0.15) is 30.0 Å². The van der Waals surface area contributed by atoms with Crippen LogP contribution in [0.5, 0.6) is 0 Å². The average molecular weight is 347 g/mol. The standard InChI is InChI=1S/C20H21N5O/c1-23-9-7-16(8-10-23)18-13-25-19(20(26)24(18)2)17(12-22-25)15-5-3-14(11-21)4-6-15/h3-6,12-13,16H,7-10H2,1-2H3. The van der Waals surface area contributed by atoms with Crippen LogP contribution in [0.15, 0.2) is 41.5 Å². The van der Waals surface area contributed by atoms with Crippen molar-refractivity contribution in [3.05, 3.63) is 58.3 Å². The molecule has 1 saturated heterocycles. The topological polar surface area (TPSA) is 66.3 Å². The monoisotopic (exact) mass is 347 g/mol. The van der Waals surface area contributed by atoms with E-state index in [4.69, 9.17) is 5.26 Å². The van der Waals surface area contributed by atoms with Gasteiger partial charge < -0.3 is 9.47 Å². The molecule has 3 heterocycles. The molecule has 1 fully saturated rings. The highest BCUT2D eigenvalue weighted by Crippen LogP contribution is 2.28. The molecule has 1 aliphatic rings. The zero-order valence-electron chi connectivity index (χ0n) is 15.0. The van der Waals surface area contributed by atoms with Crippen LogP contribution in [0.3, 0.4) is 0 Å². The van der Waals surface area contributed by atoms with Gasteiger partial charge in [-0.3, -0.25) is 4.79 Å². The van der Waals surface area contributed by atoms with E-state index in [0.717, 1.165) is 42.8 Å². The highest BCUT2D eigenvalue weighted by Gasteiger charge is 2.23. The van der Waals surface area contributed by atoms with Crippen molar-refractivity contribution >= 4 is 5.52 Å². The van der Waals surface area contributed by atoms with Crippen molar-refractivity contribution in [2.75, 3.05) is 20.1 Å². The molecule has 0 aliphatic carbocycles. The minimum absolute atomic E-state index is 0.0294. The first-order chi connectivity index (χ1) is 12.6. The van der Waals surface area contributed by atoms with Crippen LogP contribution >= 0.6 is 0 Å². The third kappa shape index (κ3) is 2.71. The van der Waals surface area contributed by atoms with Gasteiger partial charge in [0.05, 0.1) is 17.8 Å². The number of aromatic nitrogens is 3. The molecular formula is C20H21N5O. The van der Waals surface area contributed by atoms with Gasteiger partial charge in [-0.1, -0.05) is 12.1 Å². The summed E-state index contributed by atoms with van der Waals surface area (Å²) in [5.41, 5.74) is 3.88. The Labute approximate surface area is 151 Å². The molecule has 6 nitrogen and oxygen atoms in total. The number of benzene rings is 1. The quantitative estimate of drug-likeness (QED) is 0.714. The first-order valence-electron chi connectivity index (χ1n) is 8.85. The maximum Gasteiger partial charge on any atom is 0.277 e. The van der Waals surface area contributed by atoms with Crippen molar-refractivity contribution in [3.63, 3.8) is 0 Å². The molecule has 0 saturated carbocycles.